The van der Waals surface area contributed by atoms with Gasteiger partial charge in [0.25, 0.3) is 0 Å². The Labute approximate surface area is 315 Å². The summed E-state index contributed by atoms with van der Waals surface area (Å²) in [5, 5.41) is 10.1. The van der Waals surface area contributed by atoms with Crippen LogP contribution in [0.5, 0.6) is 0 Å². The molecule has 3 heterocycles. The lowest BCUT2D eigenvalue weighted by atomic mass is 9.84. The first-order valence-electron chi connectivity index (χ1n) is 18.7. The topological polar surface area (TPSA) is 39.4 Å². The number of rotatable bonds is 4. The second kappa shape index (κ2) is 11.6. The molecular weight excluding hydrogens is 673 g/mol. The lowest BCUT2D eigenvalue weighted by Crippen LogP contribution is -1.91. The van der Waals surface area contributed by atoms with Crippen molar-refractivity contribution < 1.29 is 13.3 Å². The largest absolute Gasteiger partial charge is 0.456 e. The molecule has 0 N–H and O–H groups in total. The summed E-state index contributed by atoms with van der Waals surface area (Å²) in [6.45, 7) is 0. The van der Waals surface area contributed by atoms with E-state index in [0.29, 0.717) is 0 Å². The molecule has 0 aliphatic rings. The van der Waals surface area contributed by atoms with Crippen LogP contribution in [0.4, 0.5) is 0 Å². The Kier molecular flexibility index (Phi) is 6.34. The number of hydrogen-bond donors (Lipinski definition) is 0. The standard InChI is InChI=1S/C52H30O3/c1-3-14-31(15-4-1)47-40-27-28-41-49-39(23-13-25-45(49)54-51(41)52(40)55-50(47)32-16-5-2-6-17-32)48-37-21-9-7-19-35(37)46(36-20-8-10-22-38(36)48)33-26-29-44-42(30-33)34-18-11-12-24-43(34)53-44/h1-30H. The lowest BCUT2D eigenvalue weighted by molar-refractivity contribution is 0.612. The van der Waals surface area contributed by atoms with Gasteiger partial charge in [-0.1, -0.05) is 146 Å². The third-order valence-corrected chi connectivity index (χ3v) is 11.3. The van der Waals surface area contributed by atoms with Crippen LogP contribution in [-0.2, 0) is 0 Å². The van der Waals surface area contributed by atoms with E-state index in [2.05, 4.69) is 158 Å². The molecule has 0 unspecified atom stereocenters. The predicted molar refractivity (Wildman–Crippen MR) is 228 cm³/mol. The fourth-order valence-electron chi connectivity index (χ4n) is 8.94. The molecule has 0 radical (unpaired) electrons. The number of para-hydroxylation sites is 1. The average Bonchev–Trinajstić information content (AvgIpc) is 3.95. The Morgan fingerprint density at radius 1 is 0.273 bits per heavy atom. The van der Waals surface area contributed by atoms with Crippen molar-refractivity contribution in [3.63, 3.8) is 0 Å². The fraction of sp³-hybridized carbons (Fsp3) is 0. The Morgan fingerprint density at radius 2 is 0.836 bits per heavy atom. The molecule has 9 aromatic carbocycles. The maximum Gasteiger partial charge on any atom is 0.178 e. The molecule has 3 aromatic heterocycles. The number of furan rings is 3. The van der Waals surface area contributed by atoms with Crippen molar-refractivity contribution in [2.24, 2.45) is 0 Å². The Hall–Kier alpha value is -7.36. The SMILES string of the molecule is c1ccc(-c2oc3c(ccc4c3oc3cccc(-c5c6ccccc6c(-c6ccc7oc8ccccc8c7c6)c6ccccc56)c34)c2-c2ccccc2)cc1. The summed E-state index contributed by atoms with van der Waals surface area (Å²) in [7, 11) is 0. The van der Waals surface area contributed by atoms with Gasteiger partial charge in [0.2, 0.25) is 0 Å². The maximum absolute atomic E-state index is 6.88. The zero-order chi connectivity index (χ0) is 36.0. The molecule has 0 saturated carbocycles. The van der Waals surface area contributed by atoms with Gasteiger partial charge in [-0.05, 0) is 85.8 Å². The first kappa shape index (κ1) is 30.1. The molecule has 0 amide bonds. The summed E-state index contributed by atoms with van der Waals surface area (Å²) < 4.78 is 20.0. The van der Waals surface area contributed by atoms with Crippen molar-refractivity contribution in [3.05, 3.63) is 182 Å². The van der Waals surface area contributed by atoms with Crippen LogP contribution in [0.3, 0.4) is 0 Å². The van der Waals surface area contributed by atoms with Gasteiger partial charge in [0.1, 0.15) is 22.5 Å². The van der Waals surface area contributed by atoms with Crippen LogP contribution in [0.15, 0.2) is 195 Å². The summed E-state index contributed by atoms with van der Waals surface area (Å²) in [5.74, 6) is 0.837. The molecule has 0 bridgehead atoms. The fourth-order valence-corrected chi connectivity index (χ4v) is 8.94. The number of hydrogen-bond acceptors (Lipinski definition) is 3. The quantitative estimate of drug-likeness (QED) is 0.171. The van der Waals surface area contributed by atoms with E-state index >= 15 is 0 Å². The molecule has 0 fully saturated rings. The van der Waals surface area contributed by atoms with Crippen LogP contribution in [0.25, 0.3) is 121 Å². The van der Waals surface area contributed by atoms with Gasteiger partial charge in [0.15, 0.2) is 11.2 Å². The van der Waals surface area contributed by atoms with Gasteiger partial charge < -0.3 is 13.3 Å². The van der Waals surface area contributed by atoms with E-state index in [4.69, 9.17) is 13.3 Å². The third-order valence-electron chi connectivity index (χ3n) is 11.3. The Balaban J connectivity index is 1.15. The highest BCUT2D eigenvalue weighted by molar-refractivity contribution is 6.27. The van der Waals surface area contributed by atoms with Gasteiger partial charge in [-0.3, -0.25) is 0 Å². The van der Waals surface area contributed by atoms with Crippen molar-refractivity contribution in [2.45, 2.75) is 0 Å². The molecular formula is C52H30O3. The first-order valence-corrected chi connectivity index (χ1v) is 18.7. The average molecular weight is 703 g/mol. The minimum absolute atomic E-state index is 0.754. The van der Waals surface area contributed by atoms with E-state index in [9.17, 15) is 0 Å². The summed E-state index contributed by atoms with van der Waals surface area (Å²) in [4.78, 5) is 0. The van der Waals surface area contributed by atoms with Gasteiger partial charge >= 0.3 is 0 Å². The summed E-state index contributed by atoms with van der Waals surface area (Å²) in [5.41, 5.74) is 12.0. The van der Waals surface area contributed by atoms with E-state index in [-0.39, 0.29) is 0 Å². The maximum atomic E-state index is 6.88. The van der Waals surface area contributed by atoms with Crippen LogP contribution in [0.1, 0.15) is 0 Å². The minimum atomic E-state index is 0.754. The van der Waals surface area contributed by atoms with E-state index in [1.807, 2.05) is 24.3 Å². The lowest BCUT2D eigenvalue weighted by Gasteiger charge is -2.18. The van der Waals surface area contributed by atoms with Crippen molar-refractivity contribution >= 4 is 76.4 Å². The molecule has 12 rings (SSSR count). The molecule has 55 heavy (non-hydrogen) atoms. The van der Waals surface area contributed by atoms with E-state index in [1.165, 1.54) is 32.7 Å². The predicted octanol–water partition coefficient (Wildman–Crippen LogP) is 15.2. The summed E-state index contributed by atoms with van der Waals surface area (Å²) in [6, 6.07) is 64.2. The van der Waals surface area contributed by atoms with Crippen molar-refractivity contribution in [1.82, 2.24) is 0 Å². The molecule has 0 saturated heterocycles. The van der Waals surface area contributed by atoms with Gasteiger partial charge in [-0.15, -0.1) is 0 Å². The van der Waals surface area contributed by atoms with Crippen LogP contribution >= 0.6 is 0 Å². The van der Waals surface area contributed by atoms with Gasteiger partial charge in [-0.2, -0.15) is 0 Å². The Bertz CT molecular complexity index is 3420. The normalized spacial score (nSPS) is 12.0. The smallest absolute Gasteiger partial charge is 0.178 e. The molecule has 0 aliphatic carbocycles. The van der Waals surface area contributed by atoms with Gasteiger partial charge in [-0.25, -0.2) is 0 Å². The molecule has 256 valence electrons. The molecule has 0 aliphatic heterocycles. The monoisotopic (exact) mass is 702 g/mol. The molecule has 3 nitrogen and oxygen atoms in total. The molecule has 12 aromatic rings. The second-order valence-corrected chi connectivity index (χ2v) is 14.3. The van der Waals surface area contributed by atoms with Crippen LogP contribution in [0.2, 0.25) is 0 Å². The van der Waals surface area contributed by atoms with Crippen molar-refractivity contribution in [2.75, 3.05) is 0 Å². The highest BCUT2D eigenvalue weighted by Gasteiger charge is 2.25. The van der Waals surface area contributed by atoms with Crippen molar-refractivity contribution in [3.8, 4) is 44.7 Å². The van der Waals surface area contributed by atoms with Crippen LogP contribution in [0, 0.1) is 0 Å². The number of benzene rings is 9. The minimum Gasteiger partial charge on any atom is -0.456 e. The zero-order valence-corrected chi connectivity index (χ0v) is 29.5. The van der Waals surface area contributed by atoms with Gasteiger partial charge in [0.05, 0.1) is 0 Å². The van der Waals surface area contributed by atoms with E-state index in [1.54, 1.807) is 0 Å². The van der Waals surface area contributed by atoms with Crippen LogP contribution in [-0.4, -0.2) is 0 Å². The van der Waals surface area contributed by atoms with Gasteiger partial charge in [0, 0.05) is 38.1 Å². The summed E-state index contributed by atoms with van der Waals surface area (Å²) in [6.07, 6.45) is 0. The van der Waals surface area contributed by atoms with E-state index in [0.717, 1.165) is 88.4 Å². The zero-order valence-electron chi connectivity index (χ0n) is 29.5. The van der Waals surface area contributed by atoms with Crippen molar-refractivity contribution in [1.29, 1.82) is 0 Å². The molecule has 3 heteroatoms. The summed E-state index contributed by atoms with van der Waals surface area (Å²) >= 11 is 0. The van der Waals surface area contributed by atoms with Crippen LogP contribution < -0.4 is 0 Å². The molecule has 0 atom stereocenters. The second-order valence-electron chi connectivity index (χ2n) is 14.3. The first-order chi connectivity index (χ1) is 27.3. The third kappa shape index (κ3) is 4.38. The number of fused-ring (bicyclic) bond motifs is 10. The van der Waals surface area contributed by atoms with E-state index < -0.39 is 0 Å². The molecule has 0 spiro atoms. The highest BCUT2D eigenvalue weighted by atomic mass is 16.4. The Morgan fingerprint density at radius 3 is 1.56 bits per heavy atom. The highest BCUT2D eigenvalue weighted by Crippen LogP contribution is 2.50.